The average Bonchev–Trinajstić information content (AvgIpc) is 2.50. The molecule has 0 bridgehead atoms. The van der Waals surface area contributed by atoms with Gasteiger partial charge in [0.2, 0.25) is 0 Å². The van der Waals surface area contributed by atoms with Crippen LogP contribution < -0.4 is 14.8 Å². The van der Waals surface area contributed by atoms with E-state index in [1.54, 1.807) is 50.4 Å². The van der Waals surface area contributed by atoms with E-state index in [0.717, 1.165) is 0 Å². The Morgan fingerprint density at radius 1 is 1.14 bits per heavy atom. The third-order valence-electron chi connectivity index (χ3n) is 2.93. The van der Waals surface area contributed by atoms with Gasteiger partial charge in [0, 0.05) is 5.02 Å². The molecule has 2 rings (SSSR count). The summed E-state index contributed by atoms with van der Waals surface area (Å²) in [5.74, 6) is 0.664. The van der Waals surface area contributed by atoms with Crippen LogP contribution >= 0.6 is 23.2 Å². The van der Waals surface area contributed by atoms with E-state index in [9.17, 15) is 4.79 Å². The highest BCUT2D eigenvalue weighted by molar-refractivity contribution is 6.35. The number of carbonyl (C=O) groups excluding carboxylic acids is 1. The smallest absolute Gasteiger partial charge is 0.265 e. The lowest BCUT2D eigenvalue weighted by Gasteiger charge is -2.16. The van der Waals surface area contributed by atoms with Crippen LogP contribution in [0.15, 0.2) is 42.5 Å². The van der Waals surface area contributed by atoms with Crippen LogP contribution in [0, 0.1) is 0 Å². The van der Waals surface area contributed by atoms with Crippen molar-refractivity contribution >= 4 is 34.8 Å². The molecule has 0 radical (unpaired) electrons. The first kappa shape index (κ1) is 16.5. The summed E-state index contributed by atoms with van der Waals surface area (Å²) in [6, 6.07) is 12.0. The number of hydrogen-bond donors (Lipinski definition) is 1. The Morgan fingerprint density at radius 3 is 2.55 bits per heavy atom. The Labute approximate surface area is 138 Å². The first-order valence-electron chi connectivity index (χ1n) is 6.57. The van der Waals surface area contributed by atoms with Gasteiger partial charge in [-0.3, -0.25) is 4.79 Å². The number of carbonyl (C=O) groups is 1. The van der Waals surface area contributed by atoms with Crippen molar-refractivity contribution < 1.29 is 14.3 Å². The monoisotopic (exact) mass is 339 g/mol. The van der Waals surface area contributed by atoms with Crippen LogP contribution in [-0.2, 0) is 4.79 Å². The van der Waals surface area contributed by atoms with E-state index in [2.05, 4.69) is 5.32 Å². The molecule has 0 fully saturated rings. The van der Waals surface area contributed by atoms with Gasteiger partial charge >= 0.3 is 0 Å². The molecule has 1 N–H and O–H groups in total. The zero-order valence-electron chi connectivity index (χ0n) is 12.1. The van der Waals surface area contributed by atoms with Gasteiger partial charge in [0.1, 0.15) is 11.5 Å². The number of benzene rings is 2. The summed E-state index contributed by atoms with van der Waals surface area (Å²) < 4.78 is 10.7. The maximum Gasteiger partial charge on any atom is 0.265 e. The number of hydrogen-bond acceptors (Lipinski definition) is 3. The van der Waals surface area contributed by atoms with E-state index in [1.807, 2.05) is 6.07 Å². The molecule has 6 heteroatoms. The van der Waals surface area contributed by atoms with E-state index in [1.165, 1.54) is 0 Å². The van der Waals surface area contributed by atoms with Gasteiger partial charge in [-0.05, 0) is 37.3 Å². The van der Waals surface area contributed by atoms with Gasteiger partial charge in [0.05, 0.1) is 17.8 Å². The zero-order valence-corrected chi connectivity index (χ0v) is 13.6. The topological polar surface area (TPSA) is 47.6 Å². The molecule has 2 aromatic rings. The number of para-hydroxylation sites is 2. The largest absolute Gasteiger partial charge is 0.495 e. The first-order valence-corrected chi connectivity index (χ1v) is 7.32. The second-order valence-corrected chi connectivity index (χ2v) is 5.37. The van der Waals surface area contributed by atoms with Crippen LogP contribution in [0.4, 0.5) is 5.69 Å². The normalized spacial score (nSPS) is 11.6. The summed E-state index contributed by atoms with van der Waals surface area (Å²) in [6.45, 7) is 1.63. The summed E-state index contributed by atoms with van der Waals surface area (Å²) in [5, 5.41) is 3.61. The number of methoxy groups -OCH3 is 1. The summed E-state index contributed by atoms with van der Waals surface area (Å²) in [7, 11) is 1.54. The molecule has 0 saturated carbocycles. The molecular weight excluding hydrogens is 325 g/mol. The molecule has 0 aromatic heterocycles. The maximum atomic E-state index is 12.2. The highest BCUT2D eigenvalue weighted by atomic mass is 35.5. The lowest BCUT2D eigenvalue weighted by atomic mass is 10.2. The van der Waals surface area contributed by atoms with Crippen LogP contribution in [0.5, 0.6) is 11.5 Å². The lowest BCUT2D eigenvalue weighted by molar-refractivity contribution is -0.122. The second kappa shape index (κ2) is 7.38. The average molecular weight is 340 g/mol. The Hall–Kier alpha value is -1.91. The summed E-state index contributed by atoms with van der Waals surface area (Å²) >= 11 is 11.8. The number of halogens is 2. The maximum absolute atomic E-state index is 12.2. The van der Waals surface area contributed by atoms with Crippen LogP contribution in [0.2, 0.25) is 10.0 Å². The van der Waals surface area contributed by atoms with Crippen LogP contribution in [0.25, 0.3) is 0 Å². The molecule has 116 valence electrons. The number of ether oxygens (including phenoxy) is 2. The molecule has 2 aromatic carbocycles. The third kappa shape index (κ3) is 4.06. The van der Waals surface area contributed by atoms with Gasteiger partial charge in [-0.1, -0.05) is 35.3 Å². The van der Waals surface area contributed by atoms with E-state index < -0.39 is 6.10 Å². The van der Waals surface area contributed by atoms with Crippen molar-refractivity contribution in [2.75, 3.05) is 12.4 Å². The quantitative estimate of drug-likeness (QED) is 0.877. The zero-order chi connectivity index (χ0) is 16.1. The minimum Gasteiger partial charge on any atom is -0.495 e. The summed E-state index contributed by atoms with van der Waals surface area (Å²) in [5.41, 5.74) is 0.577. The Balaban J connectivity index is 2.06. The van der Waals surface area contributed by atoms with Gasteiger partial charge < -0.3 is 14.8 Å². The minimum absolute atomic E-state index is 0.310. The number of amides is 1. The summed E-state index contributed by atoms with van der Waals surface area (Å²) in [6.07, 6.45) is -0.733. The Kier molecular flexibility index (Phi) is 5.52. The number of anilines is 1. The fraction of sp³-hybridized carbons (Fsp3) is 0.188. The van der Waals surface area contributed by atoms with Crippen molar-refractivity contribution in [1.29, 1.82) is 0 Å². The van der Waals surface area contributed by atoms with E-state index >= 15 is 0 Å². The van der Waals surface area contributed by atoms with Crippen molar-refractivity contribution in [3.8, 4) is 11.5 Å². The molecule has 1 atom stereocenters. The van der Waals surface area contributed by atoms with E-state index in [-0.39, 0.29) is 5.91 Å². The number of rotatable bonds is 5. The molecule has 0 spiro atoms. The second-order valence-electron chi connectivity index (χ2n) is 4.52. The van der Waals surface area contributed by atoms with Crippen molar-refractivity contribution in [3.05, 3.63) is 52.5 Å². The fourth-order valence-corrected chi connectivity index (χ4v) is 2.25. The van der Waals surface area contributed by atoms with Crippen molar-refractivity contribution in [3.63, 3.8) is 0 Å². The molecule has 0 heterocycles. The van der Waals surface area contributed by atoms with Crippen molar-refractivity contribution in [2.45, 2.75) is 13.0 Å². The van der Waals surface area contributed by atoms with Crippen LogP contribution in [0.3, 0.4) is 0 Å². The third-order valence-corrected chi connectivity index (χ3v) is 3.46. The van der Waals surface area contributed by atoms with Gasteiger partial charge in [0.25, 0.3) is 5.91 Å². The van der Waals surface area contributed by atoms with Crippen LogP contribution in [-0.4, -0.2) is 19.1 Å². The molecular formula is C16H15Cl2NO3. The summed E-state index contributed by atoms with van der Waals surface area (Å²) in [4.78, 5) is 12.2. The van der Waals surface area contributed by atoms with Crippen molar-refractivity contribution in [1.82, 2.24) is 0 Å². The van der Waals surface area contributed by atoms with Gasteiger partial charge in [-0.2, -0.15) is 0 Å². The molecule has 0 unspecified atom stereocenters. The predicted octanol–water partition coefficient (Wildman–Crippen LogP) is 4.41. The number of nitrogens with one attached hydrogen (secondary N) is 1. The minimum atomic E-state index is -0.733. The molecule has 0 aliphatic carbocycles. The van der Waals surface area contributed by atoms with Gasteiger partial charge in [-0.25, -0.2) is 0 Å². The molecule has 1 amide bonds. The SMILES string of the molecule is COc1ccccc1NC(=O)[C@@H](C)Oc1ccc(Cl)cc1Cl. The molecule has 0 aliphatic rings. The fourth-order valence-electron chi connectivity index (χ4n) is 1.80. The standard InChI is InChI=1S/C16H15Cl2NO3/c1-10(22-14-8-7-11(17)9-12(14)18)16(20)19-13-5-3-4-6-15(13)21-2/h3-10H,1-2H3,(H,19,20)/t10-/m1/s1. The van der Waals surface area contributed by atoms with E-state index in [0.29, 0.717) is 27.2 Å². The highest BCUT2D eigenvalue weighted by Gasteiger charge is 2.17. The highest BCUT2D eigenvalue weighted by Crippen LogP contribution is 2.29. The predicted molar refractivity (Wildman–Crippen MR) is 88.2 cm³/mol. The van der Waals surface area contributed by atoms with Gasteiger partial charge in [0.15, 0.2) is 6.10 Å². The molecule has 22 heavy (non-hydrogen) atoms. The lowest BCUT2D eigenvalue weighted by Crippen LogP contribution is -2.30. The van der Waals surface area contributed by atoms with Crippen LogP contribution in [0.1, 0.15) is 6.92 Å². The van der Waals surface area contributed by atoms with E-state index in [4.69, 9.17) is 32.7 Å². The van der Waals surface area contributed by atoms with Crippen molar-refractivity contribution in [2.24, 2.45) is 0 Å². The Morgan fingerprint density at radius 2 is 1.86 bits per heavy atom. The first-order chi connectivity index (χ1) is 10.5. The molecule has 0 aliphatic heterocycles. The molecule has 4 nitrogen and oxygen atoms in total. The Bertz CT molecular complexity index is 676. The van der Waals surface area contributed by atoms with Gasteiger partial charge in [-0.15, -0.1) is 0 Å². The molecule has 0 saturated heterocycles.